The van der Waals surface area contributed by atoms with Crippen molar-refractivity contribution >= 4 is 17.7 Å². The summed E-state index contributed by atoms with van der Waals surface area (Å²) in [5.41, 5.74) is 0.234. The first-order valence-electron chi connectivity index (χ1n) is 7.53. The molecule has 0 aliphatic carbocycles. The fourth-order valence-electron chi connectivity index (χ4n) is 2.37. The van der Waals surface area contributed by atoms with Gasteiger partial charge in [0.05, 0.1) is 7.11 Å². The number of hydrogen-bond donors (Lipinski definition) is 1. The van der Waals surface area contributed by atoms with Gasteiger partial charge in [0.15, 0.2) is 0 Å². The maximum atomic E-state index is 12.5. The van der Waals surface area contributed by atoms with Crippen LogP contribution in [-0.4, -0.2) is 31.1 Å². The van der Waals surface area contributed by atoms with E-state index in [1.165, 1.54) is 7.11 Å². The quantitative estimate of drug-likeness (QED) is 0.560. The smallest absolute Gasteiger partial charge is 0.330 e. The lowest BCUT2D eigenvalue weighted by atomic mass is 9.87. The van der Waals surface area contributed by atoms with Crippen molar-refractivity contribution in [2.45, 2.75) is 32.7 Å². The van der Waals surface area contributed by atoms with E-state index in [9.17, 15) is 4.79 Å². The van der Waals surface area contributed by atoms with Gasteiger partial charge >= 0.3 is 5.97 Å². The van der Waals surface area contributed by atoms with Crippen LogP contribution in [0.1, 0.15) is 32.8 Å². The van der Waals surface area contributed by atoms with Gasteiger partial charge in [0, 0.05) is 0 Å². The lowest BCUT2D eigenvalue weighted by molar-refractivity contribution is -0.149. The molecule has 1 unspecified atom stereocenters. The second-order valence-electron chi connectivity index (χ2n) is 5.51. The van der Waals surface area contributed by atoms with E-state index in [2.05, 4.69) is 19.2 Å². The molecule has 1 aromatic rings. The Morgan fingerprint density at radius 2 is 2.00 bits per heavy atom. The maximum absolute atomic E-state index is 12.5. The third-order valence-electron chi connectivity index (χ3n) is 3.35. The third-order valence-corrected chi connectivity index (χ3v) is 4.75. The number of benzene rings is 1. The summed E-state index contributed by atoms with van der Waals surface area (Å²) in [5, 5.41) is 3.36. The van der Waals surface area contributed by atoms with Crippen molar-refractivity contribution in [3.63, 3.8) is 0 Å². The third kappa shape index (κ3) is 5.04. The molecular weight excluding hydrogens is 282 g/mol. The van der Waals surface area contributed by atoms with Crippen LogP contribution in [0.4, 0.5) is 0 Å². The lowest BCUT2D eigenvalue weighted by Gasteiger charge is -2.32. The highest BCUT2D eigenvalue weighted by atomic mass is 32.2. The van der Waals surface area contributed by atoms with Crippen LogP contribution in [0.3, 0.4) is 0 Å². The summed E-state index contributed by atoms with van der Waals surface area (Å²) < 4.78 is 5.09. The molecule has 0 fully saturated rings. The highest BCUT2D eigenvalue weighted by Crippen LogP contribution is 2.29. The van der Waals surface area contributed by atoms with Crippen LogP contribution in [0.15, 0.2) is 30.3 Å². The number of hydrogen-bond acceptors (Lipinski definition) is 4. The average Bonchev–Trinajstić information content (AvgIpc) is 2.50. The van der Waals surface area contributed by atoms with E-state index >= 15 is 0 Å². The summed E-state index contributed by atoms with van der Waals surface area (Å²) in [4.78, 5) is 12.5. The fraction of sp³-hybridized carbons (Fsp3) is 0.588. The number of ether oxygens (including phenoxy) is 1. The van der Waals surface area contributed by atoms with Crippen LogP contribution in [0.25, 0.3) is 0 Å². The van der Waals surface area contributed by atoms with Crippen LogP contribution in [0.2, 0.25) is 0 Å². The van der Waals surface area contributed by atoms with Gasteiger partial charge in [-0.3, -0.25) is 5.32 Å². The molecule has 0 aliphatic heterocycles. The summed E-state index contributed by atoms with van der Waals surface area (Å²) in [7, 11) is 1.46. The fourth-order valence-corrected chi connectivity index (χ4v) is 3.46. The number of thioether (sulfide) groups is 1. The Morgan fingerprint density at radius 1 is 1.33 bits per heavy atom. The molecule has 0 heterocycles. The molecule has 3 nitrogen and oxygen atoms in total. The van der Waals surface area contributed by atoms with Crippen molar-refractivity contribution in [2.24, 2.45) is 5.92 Å². The molecule has 1 aromatic carbocycles. The summed E-state index contributed by atoms with van der Waals surface area (Å²) in [6, 6.07) is 9.88. The van der Waals surface area contributed by atoms with Crippen LogP contribution in [0.5, 0.6) is 0 Å². The second-order valence-corrected chi connectivity index (χ2v) is 6.66. The first kappa shape index (κ1) is 18.1. The van der Waals surface area contributed by atoms with E-state index in [1.807, 2.05) is 49.0 Å². The van der Waals surface area contributed by atoms with Gasteiger partial charge in [-0.15, -0.1) is 0 Å². The van der Waals surface area contributed by atoms with Gasteiger partial charge in [-0.2, -0.15) is 11.8 Å². The standard InChI is InChI=1S/C17H27NO2S/c1-5-18-17(16(19)20-4,11-12-21-13-14(2)3)15-9-7-6-8-10-15/h6-10,14,18H,5,11-13H2,1-4H3. The molecule has 0 bridgehead atoms. The Balaban J connectivity index is 2.94. The summed E-state index contributed by atoms with van der Waals surface area (Å²) in [6.07, 6.45) is 0.731. The molecule has 0 aromatic heterocycles. The van der Waals surface area contributed by atoms with E-state index in [1.54, 1.807) is 0 Å². The van der Waals surface area contributed by atoms with E-state index in [4.69, 9.17) is 4.74 Å². The van der Waals surface area contributed by atoms with Gasteiger partial charge in [-0.1, -0.05) is 51.1 Å². The predicted molar refractivity (Wildman–Crippen MR) is 90.6 cm³/mol. The van der Waals surface area contributed by atoms with Gasteiger partial charge in [0.25, 0.3) is 0 Å². The van der Waals surface area contributed by atoms with Crippen molar-refractivity contribution in [1.29, 1.82) is 0 Å². The molecule has 0 aliphatic rings. The van der Waals surface area contributed by atoms with Crippen molar-refractivity contribution in [2.75, 3.05) is 25.2 Å². The molecule has 0 amide bonds. The number of carbonyl (C=O) groups excluding carboxylic acids is 1. The van der Waals surface area contributed by atoms with Gasteiger partial charge in [-0.25, -0.2) is 4.79 Å². The van der Waals surface area contributed by atoms with Crippen LogP contribution < -0.4 is 5.32 Å². The molecule has 1 rings (SSSR count). The second kappa shape index (κ2) is 9.11. The molecule has 118 valence electrons. The van der Waals surface area contributed by atoms with E-state index in [0.717, 1.165) is 30.0 Å². The molecule has 1 N–H and O–H groups in total. The topological polar surface area (TPSA) is 38.3 Å². The van der Waals surface area contributed by atoms with Gasteiger partial charge in [0.1, 0.15) is 5.54 Å². The highest BCUT2D eigenvalue weighted by Gasteiger charge is 2.40. The Bertz CT molecular complexity index is 422. The minimum atomic E-state index is -0.741. The van der Waals surface area contributed by atoms with Gasteiger partial charge in [0.2, 0.25) is 0 Å². The molecule has 4 heteroatoms. The Hall–Kier alpha value is -1.00. The first-order valence-corrected chi connectivity index (χ1v) is 8.69. The average molecular weight is 309 g/mol. The highest BCUT2D eigenvalue weighted by molar-refractivity contribution is 7.99. The van der Waals surface area contributed by atoms with Crippen molar-refractivity contribution in [1.82, 2.24) is 5.32 Å². The van der Waals surface area contributed by atoms with Crippen LogP contribution >= 0.6 is 11.8 Å². The molecule has 0 radical (unpaired) electrons. The predicted octanol–water partition coefficient (Wildman–Crippen LogP) is 3.44. The summed E-state index contributed by atoms with van der Waals surface area (Å²) in [5.74, 6) is 2.49. The van der Waals surface area contributed by atoms with Crippen molar-refractivity contribution in [3.05, 3.63) is 35.9 Å². The number of likely N-dealkylation sites (N-methyl/N-ethyl adjacent to an activating group) is 1. The monoisotopic (exact) mass is 309 g/mol. The number of nitrogens with one attached hydrogen (secondary N) is 1. The zero-order chi connectivity index (χ0) is 15.7. The largest absolute Gasteiger partial charge is 0.467 e. The van der Waals surface area contributed by atoms with E-state index < -0.39 is 5.54 Å². The molecular formula is C17H27NO2S. The zero-order valence-electron chi connectivity index (χ0n) is 13.5. The normalized spacial score (nSPS) is 14.0. The van der Waals surface area contributed by atoms with Crippen molar-refractivity contribution in [3.8, 4) is 0 Å². The SMILES string of the molecule is CCNC(CCSCC(C)C)(C(=O)OC)c1ccccc1. The van der Waals surface area contributed by atoms with Crippen LogP contribution in [-0.2, 0) is 15.1 Å². The van der Waals surface area contributed by atoms with Crippen molar-refractivity contribution < 1.29 is 9.53 Å². The number of esters is 1. The first-order chi connectivity index (χ1) is 10.1. The zero-order valence-corrected chi connectivity index (χ0v) is 14.3. The van der Waals surface area contributed by atoms with Crippen LogP contribution in [0, 0.1) is 5.92 Å². The Labute approximate surface area is 132 Å². The Kier molecular flexibility index (Phi) is 7.83. The van der Waals surface area contributed by atoms with Gasteiger partial charge < -0.3 is 4.74 Å². The molecule has 21 heavy (non-hydrogen) atoms. The molecule has 0 saturated carbocycles. The number of carbonyl (C=O) groups is 1. The maximum Gasteiger partial charge on any atom is 0.330 e. The molecule has 1 atom stereocenters. The number of methoxy groups -OCH3 is 1. The minimum absolute atomic E-state index is 0.208. The summed E-state index contributed by atoms with van der Waals surface area (Å²) >= 11 is 1.89. The van der Waals surface area contributed by atoms with Gasteiger partial charge in [-0.05, 0) is 36.0 Å². The molecule has 0 spiro atoms. The number of rotatable bonds is 9. The van der Waals surface area contributed by atoms with E-state index in [0.29, 0.717) is 5.92 Å². The molecule has 0 saturated heterocycles. The van der Waals surface area contributed by atoms with E-state index in [-0.39, 0.29) is 5.97 Å². The minimum Gasteiger partial charge on any atom is -0.467 e. The summed E-state index contributed by atoms with van der Waals surface area (Å²) in [6.45, 7) is 7.16. The Morgan fingerprint density at radius 3 is 2.52 bits per heavy atom. The lowest BCUT2D eigenvalue weighted by Crippen LogP contribution is -2.50.